The number of carbonyl (C=O) groups excluding carboxylic acids is 1. The fourth-order valence-corrected chi connectivity index (χ4v) is 2.88. The minimum absolute atomic E-state index is 0. The molecule has 0 radical (unpaired) electrons. The van der Waals surface area contributed by atoms with Gasteiger partial charge in [-0.05, 0) is 50.0 Å². The Hall–Kier alpha value is -1.70. The van der Waals surface area contributed by atoms with Crippen molar-refractivity contribution in [3.63, 3.8) is 0 Å². The van der Waals surface area contributed by atoms with Crippen molar-refractivity contribution in [1.29, 1.82) is 0 Å². The van der Waals surface area contributed by atoms with Crippen molar-refractivity contribution in [2.75, 3.05) is 13.1 Å². The number of amides is 1. The molecule has 0 aliphatic carbocycles. The maximum Gasteiger partial charge on any atom is 0.273 e. The van der Waals surface area contributed by atoms with Gasteiger partial charge >= 0.3 is 0 Å². The summed E-state index contributed by atoms with van der Waals surface area (Å²) in [7, 11) is 0. The van der Waals surface area contributed by atoms with Crippen molar-refractivity contribution < 1.29 is 4.79 Å². The van der Waals surface area contributed by atoms with Gasteiger partial charge in [0.05, 0.1) is 18.3 Å². The number of rotatable bonds is 5. The van der Waals surface area contributed by atoms with Crippen LogP contribution in [0.3, 0.4) is 0 Å². The summed E-state index contributed by atoms with van der Waals surface area (Å²) in [5, 5.41) is 14.5. The molecule has 2 aromatic heterocycles. The summed E-state index contributed by atoms with van der Waals surface area (Å²) >= 11 is 0. The van der Waals surface area contributed by atoms with Gasteiger partial charge in [-0.25, -0.2) is 4.68 Å². The fourth-order valence-electron chi connectivity index (χ4n) is 2.88. The topological polar surface area (TPSA) is 84.7 Å². The first kappa shape index (κ1) is 21.3. The first-order chi connectivity index (χ1) is 11.3. The van der Waals surface area contributed by atoms with Crippen LogP contribution in [0.5, 0.6) is 0 Å². The number of hydrogen-bond acceptors (Lipinski definition) is 5. The second kappa shape index (κ2) is 10.3. The molecule has 1 amide bonds. The molecule has 9 heteroatoms. The number of carbonyl (C=O) groups is 1. The van der Waals surface area contributed by atoms with E-state index in [-0.39, 0.29) is 36.8 Å². The molecule has 1 unspecified atom stereocenters. The Morgan fingerprint density at radius 1 is 1.32 bits per heavy atom. The van der Waals surface area contributed by atoms with E-state index < -0.39 is 0 Å². The van der Waals surface area contributed by atoms with Gasteiger partial charge in [0.2, 0.25) is 0 Å². The van der Waals surface area contributed by atoms with Gasteiger partial charge in [-0.1, -0.05) is 12.1 Å². The van der Waals surface area contributed by atoms with Gasteiger partial charge in [-0.2, -0.15) is 0 Å². The molecule has 2 N–H and O–H groups in total. The van der Waals surface area contributed by atoms with E-state index in [1.54, 1.807) is 18.6 Å². The number of pyridine rings is 1. The molecule has 138 valence electrons. The van der Waals surface area contributed by atoms with E-state index in [0.29, 0.717) is 11.7 Å². The van der Waals surface area contributed by atoms with Gasteiger partial charge in [-0.15, -0.1) is 29.9 Å². The molecule has 1 fully saturated rings. The maximum atomic E-state index is 12.4. The molecule has 0 spiro atoms. The summed E-state index contributed by atoms with van der Waals surface area (Å²) in [6.45, 7) is 4.00. The molecule has 1 aliphatic heterocycles. The minimum atomic E-state index is -0.186. The predicted octanol–water partition coefficient (Wildman–Crippen LogP) is 2.32. The van der Waals surface area contributed by atoms with Crippen LogP contribution >= 0.6 is 24.8 Å². The Kier molecular flexibility index (Phi) is 8.82. The van der Waals surface area contributed by atoms with Crippen LogP contribution in [-0.4, -0.2) is 39.0 Å². The normalized spacial score (nSPS) is 15.6. The number of piperidine rings is 1. The second-order valence-electron chi connectivity index (χ2n) is 5.78. The monoisotopic (exact) mass is 386 g/mol. The van der Waals surface area contributed by atoms with Crippen LogP contribution in [0.25, 0.3) is 0 Å². The highest BCUT2D eigenvalue weighted by Crippen LogP contribution is 2.18. The number of hydrogen-bond donors (Lipinski definition) is 2. The van der Waals surface area contributed by atoms with E-state index in [1.807, 2.05) is 23.7 Å². The van der Waals surface area contributed by atoms with Crippen molar-refractivity contribution in [2.45, 2.75) is 38.3 Å². The molecule has 7 nitrogen and oxygen atoms in total. The van der Waals surface area contributed by atoms with Gasteiger partial charge in [0.25, 0.3) is 5.91 Å². The summed E-state index contributed by atoms with van der Waals surface area (Å²) in [5.74, 6) is -0.186. The first-order valence-electron chi connectivity index (χ1n) is 8.11. The van der Waals surface area contributed by atoms with Crippen LogP contribution in [0.1, 0.15) is 54.3 Å². The molecule has 3 rings (SSSR count). The maximum absolute atomic E-state index is 12.4. The van der Waals surface area contributed by atoms with Crippen molar-refractivity contribution in [3.8, 4) is 0 Å². The summed E-state index contributed by atoms with van der Waals surface area (Å²) in [6, 6.07) is 4.11. The lowest BCUT2D eigenvalue weighted by atomic mass is 10.1. The van der Waals surface area contributed by atoms with E-state index in [0.717, 1.165) is 37.9 Å². The number of halogens is 2. The third-order valence-corrected chi connectivity index (χ3v) is 4.25. The van der Waals surface area contributed by atoms with Gasteiger partial charge in [-0.3, -0.25) is 9.78 Å². The van der Waals surface area contributed by atoms with E-state index in [9.17, 15) is 4.79 Å². The van der Waals surface area contributed by atoms with Crippen LogP contribution in [0.4, 0.5) is 0 Å². The van der Waals surface area contributed by atoms with Gasteiger partial charge in [0.1, 0.15) is 0 Å². The highest BCUT2D eigenvalue weighted by Gasteiger charge is 2.20. The molecule has 25 heavy (non-hydrogen) atoms. The molecule has 0 saturated carbocycles. The standard InChI is InChI=1S/C16H22N6O.2ClH/c1-2-14(12-3-7-17-8-4-12)19-16(23)15-11-22(21-20-15)13-5-9-18-10-6-13;;/h3-4,7-8,11,13-14,18H,2,5-6,9-10H2,1H3,(H,19,23);2*1H. The quantitative estimate of drug-likeness (QED) is 0.823. The SMILES string of the molecule is CCC(NC(=O)c1cn(C2CCNCC2)nn1)c1ccncc1.Cl.Cl. The lowest BCUT2D eigenvalue weighted by Gasteiger charge is -2.22. The van der Waals surface area contributed by atoms with E-state index in [1.165, 1.54) is 0 Å². The summed E-state index contributed by atoms with van der Waals surface area (Å²) in [5.41, 5.74) is 1.41. The van der Waals surface area contributed by atoms with Crippen LogP contribution in [0.2, 0.25) is 0 Å². The largest absolute Gasteiger partial charge is 0.344 e. The lowest BCUT2D eigenvalue weighted by Crippen LogP contribution is -2.30. The van der Waals surface area contributed by atoms with Crippen molar-refractivity contribution in [1.82, 2.24) is 30.6 Å². The van der Waals surface area contributed by atoms with E-state index in [2.05, 4.69) is 25.9 Å². The molecular formula is C16H24Cl2N6O. The average molecular weight is 387 g/mol. The van der Waals surface area contributed by atoms with Crippen LogP contribution in [-0.2, 0) is 0 Å². The van der Waals surface area contributed by atoms with Crippen LogP contribution < -0.4 is 10.6 Å². The molecule has 0 bridgehead atoms. The Morgan fingerprint density at radius 2 is 2.00 bits per heavy atom. The highest BCUT2D eigenvalue weighted by molar-refractivity contribution is 5.92. The van der Waals surface area contributed by atoms with Crippen LogP contribution in [0.15, 0.2) is 30.7 Å². The minimum Gasteiger partial charge on any atom is -0.344 e. The fraction of sp³-hybridized carbons (Fsp3) is 0.500. The van der Waals surface area contributed by atoms with E-state index in [4.69, 9.17) is 0 Å². The molecule has 1 atom stereocenters. The molecular weight excluding hydrogens is 363 g/mol. The Morgan fingerprint density at radius 3 is 2.64 bits per heavy atom. The summed E-state index contributed by atoms with van der Waals surface area (Å²) < 4.78 is 1.82. The zero-order valence-corrected chi connectivity index (χ0v) is 15.7. The number of aromatic nitrogens is 4. The van der Waals surface area contributed by atoms with Crippen molar-refractivity contribution >= 4 is 30.7 Å². The second-order valence-corrected chi connectivity index (χ2v) is 5.78. The summed E-state index contributed by atoms with van der Waals surface area (Å²) in [6.07, 6.45) is 8.05. The first-order valence-corrected chi connectivity index (χ1v) is 8.11. The number of nitrogens with zero attached hydrogens (tertiary/aromatic N) is 4. The molecule has 0 aromatic carbocycles. The van der Waals surface area contributed by atoms with Crippen molar-refractivity contribution in [2.24, 2.45) is 0 Å². The van der Waals surface area contributed by atoms with Crippen molar-refractivity contribution in [3.05, 3.63) is 42.0 Å². The molecule has 2 aromatic rings. The van der Waals surface area contributed by atoms with Gasteiger partial charge < -0.3 is 10.6 Å². The average Bonchev–Trinajstić information content (AvgIpc) is 3.11. The number of nitrogens with one attached hydrogen (secondary N) is 2. The lowest BCUT2D eigenvalue weighted by molar-refractivity contribution is 0.0930. The molecule has 1 aliphatic rings. The zero-order valence-electron chi connectivity index (χ0n) is 14.1. The third-order valence-electron chi connectivity index (χ3n) is 4.25. The highest BCUT2D eigenvalue weighted by atomic mass is 35.5. The molecule has 1 saturated heterocycles. The Balaban J connectivity index is 0.00000156. The Bertz CT molecular complexity index is 645. The van der Waals surface area contributed by atoms with Crippen LogP contribution in [0, 0.1) is 0 Å². The third kappa shape index (κ3) is 5.39. The Labute approximate surface area is 159 Å². The van der Waals surface area contributed by atoms with Gasteiger partial charge in [0, 0.05) is 12.4 Å². The summed E-state index contributed by atoms with van der Waals surface area (Å²) in [4.78, 5) is 16.4. The predicted molar refractivity (Wildman–Crippen MR) is 100 cm³/mol. The van der Waals surface area contributed by atoms with E-state index >= 15 is 0 Å². The van der Waals surface area contributed by atoms with Gasteiger partial charge in [0.15, 0.2) is 5.69 Å². The zero-order chi connectivity index (χ0) is 16.1. The smallest absolute Gasteiger partial charge is 0.273 e. The molecule has 3 heterocycles.